The standard InChI is InChI=1S/C27H30Cl3N3O2/c1-4-31(27(35)21-12-22(28)14-23(29)13-21)18-26(34)33(15-19(2)3)17-24-9-7-11-32(24)16-20-8-5-6-10-25(20)30/h5-14,19H,4,15-18H2,1-3H3. The van der Waals surface area contributed by atoms with Crippen molar-refractivity contribution in [2.75, 3.05) is 19.6 Å². The smallest absolute Gasteiger partial charge is 0.254 e. The first-order valence-electron chi connectivity index (χ1n) is 11.6. The predicted molar refractivity (Wildman–Crippen MR) is 143 cm³/mol. The number of amides is 2. The van der Waals surface area contributed by atoms with Gasteiger partial charge in [0.1, 0.15) is 6.54 Å². The molecule has 2 amide bonds. The minimum Gasteiger partial charge on any atom is -0.345 e. The van der Waals surface area contributed by atoms with Crippen LogP contribution in [0.2, 0.25) is 15.1 Å². The van der Waals surface area contributed by atoms with Gasteiger partial charge in [0.25, 0.3) is 5.91 Å². The average Bonchev–Trinajstić information content (AvgIpc) is 3.23. The highest BCUT2D eigenvalue weighted by molar-refractivity contribution is 6.35. The molecule has 0 aliphatic rings. The highest BCUT2D eigenvalue weighted by Gasteiger charge is 2.23. The second-order valence-corrected chi connectivity index (χ2v) is 10.1. The van der Waals surface area contributed by atoms with Crippen molar-refractivity contribution in [1.82, 2.24) is 14.4 Å². The lowest BCUT2D eigenvalue weighted by atomic mass is 10.1. The van der Waals surface area contributed by atoms with Crippen LogP contribution in [0.25, 0.3) is 0 Å². The molecule has 3 rings (SSSR count). The summed E-state index contributed by atoms with van der Waals surface area (Å²) < 4.78 is 2.10. The van der Waals surface area contributed by atoms with Crippen LogP contribution in [0, 0.1) is 5.92 Å². The third-order valence-electron chi connectivity index (χ3n) is 5.62. The van der Waals surface area contributed by atoms with Crippen molar-refractivity contribution in [2.45, 2.75) is 33.9 Å². The summed E-state index contributed by atoms with van der Waals surface area (Å²) in [7, 11) is 0. The van der Waals surface area contributed by atoms with Crippen LogP contribution in [-0.2, 0) is 17.9 Å². The topological polar surface area (TPSA) is 45.6 Å². The maximum absolute atomic E-state index is 13.4. The van der Waals surface area contributed by atoms with Gasteiger partial charge in [0.2, 0.25) is 5.91 Å². The van der Waals surface area contributed by atoms with E-state index in [4.69, 9.17) is 34.8 Å². The largest absolute Gasteiger partial charge is 0.345 e. The maximum Gasteiger partial charge on any atom is 0.254 e. The van der Waals surface area contributed by atoms with E-state index >= 15 is 0 Å². The minimum atomic E-state index is -0.281. The van der Waals surface area contributed by atoms with Gasteiger partial charge in [-0.3, -0.25) is 9.59 Å². The van der Waals surface area contributed by atoms with Crippen LogP contribution in [0.3, 0.4) is 0 Å². The SMILES string of the molecule is CCN(CC(=O)N(Cc1cccn1Cc1ccccc1Cl)CC(C)C)C(=O)c1cc(Cl)cc(Cl)c1. The summed E-state index contributed by atoms with van der Waals surface area (Å²) in [5.74, 6) is -0.132. The monoisotopic (exact) mass is 533 g/mol. The van der Waals surface area contributed by atoms with Gasteiger partial charge in [0, 0.05) is 52.2 Å². The van der Waals surface area contributed by atoms with E-state index in [2.05, 4.69) is 18.4 Å². The third-order valence-corrected chi connectivity index (χ3v) is 6.42. The van der Waals surface area contributed by atoms with E-state index in [1.54, 1.807) is 18.2 Å². The molecular formula is C27H30Cl3N3O2. The summed E-state index contributed by atoms with van der Waals surface area (Å²) in [6.45, 7) is 7.96. The molecule has 0 radical (unpaired) electrons. The first-order chi connectivity index (χ1) is 16.7. The van der Waals surface area contributed by atoms with Gasteiger partial charge in [0.15, 0.2) is 0 Å². The molecule has 1 heterocycles. The van der Waals surface area contributed by atoms with E-state index in [0.717, 1.165) is 11.3 Å². The Morgan fingerprint density at radius 2 is 1.63 bits per heavy atom. The van der Waals surface area contributed by atoms with Crippen LogP contribution in [0.4, 0.5) is 0 Å². The molecule has 0 fully saturated rings. The normalized spacial score (nSPS) is 11.1. The van der Waals surface area contributed by atoms with Crippen molar-refractivity contribution >= 4 is 46.6 Å². The molecule has 0 aliphatic heterocycles. The molecule has 0 saturated carbocycles. The quantitative estimate of drug-likeness (QED) is 0.292. The number of carbonyl (C=O) groups excluding carboxylic acids is 2. The molecule has 0 N–H and O–H groups in total. The molecule has 3 aromatic rings. The number of hydrogen-bond donors (Lipinski definition) is 0. The lowest BCUT2D eigenvalue weighted by Crippen LogP contribution is -2.44. The van der Waals surface area contributed by atoms with Crippen LogP contribution < -0.4 is 0 Å². The molecule has 2 aromatic carbocycles. The molecule has 0 bridgehead atoms. The van der Waals surface area contributed by atoms with Crippen LogP contribution in [0.1, 0.15) is 42.4 Å². The van der Waals surface area contributed by atoms with Crippen LogP contribution in [0.15, 0.2) is 60.8 Å². The summed E-state index contributed by atoms with van der Waals surface area (Å²) in [5.41, 5.74) is 2.37. The minimum absolute atomic E-state index is 0.0303. The lowest BCUT2D eigenvalue weighted by Gasteiger charge is -2.29. The summed E-state index contributed by atoms with van der Waals surface area (Å²) in [5, 5.41) is 1.47. The van der Waals surface area contributed by atoms with Gasteiger partial charge in [-0.25, -0.2) is 0 Å². The molecule has 0 unspecified atom stereocenters. The predicted octanol–water partition coefficient (Wildman–Crippen LogP) is 6.64. The Hall–Kier alpha value is -2.47. The Kier molecular flexibility index (Phi) is 9.67. The van der Waals surface area contributed by atoms with E-state index in [1.807, 2.05) is 54.4 Å². The number of aromatic nitrogens is 1. The number of rotatable bonds is 10. The summed E-state index contributed by atoms with van der Waals surface area (Å²) in [4.78, 5) is 29.8. The first-order valence-corrected chi connectivity index (χ1v) is 12.7. The van der Waals surface area contributed by atoms with E-state index < -0.39 is 0 Å². The Morgan fingerprint density at radius 1 is 0.943 bits per heavy atom. The fraction of sp³-hybridized carbons (Fsp3) is 0.333. The number of likely N-dealkylation sites (N-methyl/N-ethyl adjacent to an activating group) is 1. The van der Waals surface area contributed by atoms with E-state index in [0.29, 0.717) is 46.8 Å². The van der Waals surface area contributed by atoms with Crippen molar-refractivity contribution in [1.29, 1.82) is 0 Å². The van der Waals surface area contributed by atoms with Crippen molar-refractivity contribution < 1.29 is 9.59 Å². The fourth-order valence-corrected chi connectivity index (χ4v) is 4.62. The first kappa shape index (κ1) is 27.1. The molecule has 0 aliphatic carbocycles. The zero-order chi connectivity index (χ0) is 25.5. The molecule has 186 valence electrons. The molecule has 0 spiro atoms. The zero-order valence-electron chi connectivity index (χ0n) is 20.2. The number of carbonyl (C=O) groups is 2. The van der Waals surface area contributed by atoms with Gasteiger partial charge in [-0.15, -0.1) is 0 Å². The molecule has 5 nitrogen and oxygen atoms in total. The van der Waals surface area contributed by atoms with Gasteiger partial charge < -0.3 is 14.4 Å². The van der Waals surface area contributed by atoms with Gasteiger partial charge >= 0.3 is 0 Å². The van der Waals surface area contributed by atoms with Crippen molar-refractivity contribution in [3.63, 3.8) is 0 Å². The molecular weight excluding hydrogens is 505 g/mol. The summed E-state index contributed by atoms with van der Waals surface area (Å²) in [6, 6.07) is 16.4. The van der Waals surface area contributed by atoms with Gasteiger partial charge in [0.05, 0.1) is 6.54 Å². The van der Waals surface area contributed by atoms with Crippen molar-refractivity contribution in [2.24, 2.45) is 5.92 Å². The van der Waals surface area contributed by atoms with Gasteiger partial charge in [-0.1, -0.05) is 66.8 Å². The van der Waals surface area contributed by atoms with Crippen LogP contribution in [0.5, 0.6) is 0 Å². The fourth-order valence-electron chi connectivity index (χ4n) is 3.90. The molecule has 8 heteroatoms. The second kappa shape index (κ2) is 12.5. The Bertz CT molecular complexity index is 1160. The van der Waals surface area contributed by atoms with E-state index in [-0.39, 0.29) is 24.3 Å². The van der Waals surface area contributed by atoms with E-state index in [9.17, 15) is 9.59 Å². The van der Waals surface area contributed by atoms with Crippen molar-refractivity contribution in [3.8, 4) is 0 Å². The second-order valence-electron chi connectivity index (χ2n) is 8.86. The summed E-state index contributed by atoms with van der Waals surface area (Å²) >= 11 is 18.5. The van der Waals surface area contributed by atoms with Crippen LogP contribution >= 0.6 is 34.8 Å². The lowest BCUT2D eigenvalue weighted by molar-refractivity contribution is -0.133. The summed E-state index contributed by atoms with van der Waals surface area (Å²) in [6.07, 6.45) is 1.99. The van der Waals surface area contributed by atoms with Crippen molar-refractivity contribution in [3.05, 3.63) is 92.7 Å². The highest BCUT2D eigenvalue weighted by atomic mass is 35.5. The molecule has 35 heavy (non-hydrogen) atoms. The molecule has 1 aromatic heterocycles. The van der Waals surface area contributed by atoms with Gasteiger partial charge in [-0.2, -0.15) is 0 Å². The van der Waals surface area contributed by atoms with Gasteiger partial charge in [-0.05, 0) is 54.8 Å². The Balaban J connectivity index is 1.77. The van der Waals surface area contributed by atoms with Crippen LogP contribution in [-0.4, -0.2) is 45.8 Å². The molecule has 0 atom stereocenters. The van der Waals surface area contributed by atoms with E-state index in [1.165, 1.54) is 4.90 Å². The Labute approximate surface area is 222 Å². The number of hydrogen-bond acceptors (Lipinski definition) is 2. The zero-order valence-corrected chi connectivity index (χ0v) is 22.4. The average molecular weight is 535 g/mol. The molecule has 0 saturated heterocycles. The maximum atomic E-state index is 13.4. The Morgan fingerprint density at radius 3 is 2.26 bits per heavy atom. The number of halogens is 3. The number of nitrogens with zero attached hydrogens (tertiary/aromatic N) is 3. The third kappa shape index (κ3) is 7.50. The highest BCUT2D eigenvalue weighted by Crippen LogP contribution is 2.21. The number of benzene rings is 2.